The summed E-state index contributed by atoms with van der Waals surface area (Å²) in [5.41, 5.74) is 2.10. The molecule has 0 saturated heterocycles. The molecule has 7 nitrogen and oxygen atoms in total. The molecule has 0 amide bonds. The smallest absolute Gasteiger partial charge is 0.408 e. The quantitative estimate of drug-likeness (QED) is 0.721. The Hall–Kier alpha value is -2.87. The van der Waals surface area contributed by atoms with Gasteiger partial charge in [0.05, 0.1) is 16.1 Å². The first kappa shape index (κ1) is 17.0. The van der Waals surface area contributed by atoms with Crippen LogP contribution in [0.5, 0.6) is 0 Å². The first-order valence-corrected chi connectivity index (χ1v) is 8.91. The third kappa shape index (κ3) is 3.08. The molecule has 0 spiro atoms. The summed E-state index contributed by atoms with van der Waals surface area (Å²) >= 11 is 0. The molecule has 130 valence electrons. The van der Waals surface area contributed by atoms with Crippen molar-refractivity contribution in [2.75, 3.05) is 4.72 Å². The summed E-state index contributed by atoms with van der Waals surface area (Å²) in [6.45, 7) is 3.15. The molecule has 25 heavy (non-hydrogen) atoms. The van der Waals surface area contributed by atoms with E-state index in [0.29, 0.717) is 22.3 Å². The Morgan fingerprint density at radius 2 is 1.88 bits per heavy atom. The van der Waals surface area contributed by atoms with Gasteiger partial charge in [-0.15, -0.1) is 0 Å². The normalized spacial score (nSPS) is 11.6. The third-order valence-corrected chi connectivity index (χ3v) is 5.33. The standard InChI is InChI=1S/C17H16N2O5S/c1-10-4-5-12(11(2)20)8-14(10)18-25(22,23)13-6-7-15-16(9-13)24-17(21)19(15)3/h4-9,18H,1-3H3. The summed E-state index contributed by atoms with van der Waals surface area (Å²) < 4.78 is 34.1. The number of oxazole rings is 1. The van der Waals surface area contributed by atoms with Crippen molar-refractivity contribution >= 4 is 32.6 Å². The Labute approximate surface area is 143 Å². The molecule has 1 aromatic heterocycles. The molecule has 8 heteroatoms. The zero-order chi connectivity index (χ0) is 18.4. The Morgan fingerprint density at radius 3 is 2.56 bits per heavy atom. The number of nitrogens with one attached hydrogen (secondary N) is 1. The van der Waals surface area contributed by atoms with Crippen LogP contribution in [0.25, 0.3) is 11.1 Å². The lowest BCUT2D eigenvalue weighted by molar-refractivity contribution is 0.101. The number of fused-ring (bicyclic) bond motifs is 1. The number of benzene rings is 2. The molecule has 0 fully saturated rings. The minimum absolute atomic E-state index is 0.0398. The van der Waals surface area contributed by atoms with Crippen molar-refractivity contribution in [2.45, 2.75) is 18.7 Å². The molecule has 0 unspecified atom stereocenters. The van der Waals surface area contributed by atoms with E-state index in [1.54, 1.807) is 19.1 Å². The lowest BCUT2D eigenvalue weighted by Crippen LogP contribution is -2.14. The van der Waals surface area contributed by atoms with Gasteiger partial charge in [0.2, 0.25) is 0 Å². The summed E-state index contributed by atoms with van der Waals surface area (Å²) in [6, 6.07) is 9.01. The van der Waals surface area contributed by atoms with Gasteiger partial charge in [-0.2, -0.15) is 0 Å². The number of hydrogen-bond donors (Lipinski definition) is 1. The van der Waals surface area contributed by atoms with Crippen molar-refractivity contribution < 1.29 is 17.6 Å². The predicted octanol–water partition coefficient (Wildman–Crippen LogP) is 2.44. The Kier molecular flexibility index (Phi) is 4.00. The fraction of sp³-hybridized carbons (Fsp3) is 0.176. The highest BCUT2D eigenvalue weighted by atomic mass is 32.2. The van der Waals surface area contributed by atoms with Crippen LogP contribution in [-0.2, 0) is 17.1 Å². The van der Waals surface area contributed by atoms with Gasteiger partial charge in [-0.3, -0.25) is 14.1 Å². The highest BCUT2D eigenvalue weighted by Gasteiger charge is 2.18. The van der Waals surface area contributed by atoms with Crippen LogP contribution < -0.4 is 10.5 Å². The minimum atomic E-state index is -3.91. The number of hydrogen-bond acceptors (Lipinski definition) is 5. The van der Waals surface area contributed by atoms with Gasteiger partial charge in [0.1, 0.15) is 0 Å². The van der Waals surface area contributed by atoms with E-state index >= 15 is 0 Å². The van der Waals surface area contributed by atoms with Crippen LogP contribution >= 0.6 is 0 Å². The fourth-order valence-corrected chi connectivity index (χ4v) is 3.57. The van der Waals surface area contributed by atoms with Gasteiger partial charge in [-0.25, -0.2) is 13.2 Å². The second kappa shape index (κ2) is 5.89. The van der Waals surface area contributed by atoms with E-state index in [9.17, 15) is 18.0 Å². The Morgan fingerprint density at radius 1 is 1.16 bits per heavy atom. The SMILES string of the molecule is CC(=O)c1ccc(C)c(NS(=O)(=O)c2ccc3c(c2)oc(=O)n3C)c1. The van der Waals surface area contributed by atoms with E-state index in [1.807, 2.05) is 0 Å². The number of aryl methyl sites for hydroxylation is 2. The minimum Gasteiger partial charge on any atom is -0.408 e. The maximum Gasteiger partial charge on any atom is 0.419 e. The third-order valence-electron chi connectivity index (χ3n) is 3.96. The number of Topliss-reactive ketones (excluding diaryl/α,β-unsaturated/α-hetero) is 1. The summed E-state index contributed by atoms with van der Waals surface area (Å²) in [5, 5.41) is 0. The number of ketones is 1. The zero-order valence-corrected chi connectivity index (χ0v) is 14.7. The highest BCUT2D eigenvalue weighted by molar-refractivity contribution is 7.92. The molecule has 2 aromatic carbocycles. The summed E-state index contributed by atoms with van der Waals surface area (Å²) in [4.78, 5) is 23.0. The van der Waals surface area contributed by atoms with Crippen LogP contribution in [0.3, 0.4) is 0 Å². The molecule has 0 aliphatic heterocycles. The summed E-state index contributed by atoms with van der Waals surface area (Å²) in [6.07, 6.45) is 0. The number of rotatable bonds is 4. The Bertz CT molecular complexity index is 1160. The van der Waals surface area contributed by atoms with Crippen LogP contribution in [0.4, 0.5) is 5.69 Å². The topological polar surface area (TPSA) is 98.4 Å². The fourth-order valence-electron chi connectivity index (χ4n) is 2.44. The van der Waals surface area contributed by atoms with Crippen molar-refractivity contribution in [2.24, 2.45) is 7.05 Å². The van der Waals surface area contributed by atoms with Crippen molar-refractivity contribution in [3.8, 4) is 0 Å². The molecule has 0 bridgehead atoms. The zero-order valence-electron chi connectivity index (χ0n) is 13.9. The molecule has 0 aliphatic rings. The van der Waals surface area contributed by atoms with Gasteiger partial charge in [0, 0.05) is 18.7 Å². The largest absolute Gasteiger partial charge is 0.419 e. The van der Waals surface area contributed by atoms with Gasteiger partial charge < -0.3 is 4.42 Å². The maximum atomic E-state index is 12.6. The van der Waals surface area contributed by atoms with Gasteiger partial charge in [0.15, 0.2) is 11.4 Å². The van der Waals surface area contributed by atoms with Crippen LogP contribution in [-0.4, -0.2) is 18.8 Å². The Balaban J connectivity index is 2.04. The molecule has 3 rings (SSSR count). The number of carbonyl (C=O) groups is 1. The van der Waals surface area contributed by atoms with E-state index in [1.165, 1.54) is 42.8 Å². The average molecular weight is 360 g/mol. The molecule has 0 radical (unpaired) electrons. The molecular weight excluding hydrogens is 344 g/mol. The summed E-state index contributed by atoms with van der Waals surface area (Å²) in [7, 11) is -2.37. The number of anilines is 1. The van der Waals surface area contributed by atoms with Crippen LogP contribution in [0.1, 0.15) is 22.8 Å². The van der Waals surface area contributed by atoms with E-state index in [2.05, 4.69) is 4.72 Å². The first-order chi connectivity index (χ1) is 11.7. The van der Waals surface area contributed by atoms with E-state index in [-0.39, 0.29) is 16.3 Å². The maximum absolute atomic E-state index is 12.6. The predicted molar refractivity (Wildman–Crippen MR) is 93.4 cm³/mol. The van der Waals surface area contributed by atoms with Gasteiger partial charge in [-0.1, -0.05) is 12.1 Å². The van der Waals surface area contributed by atoms with Crippen molar-refractivity contribution in [3.63, 3.8) is 0 Å². The molecular formula is C17H16N2O5S. The second-order valence-electron chi connectivity index (χ2n) is 5.75. The lowest BCUT2D eigenvalue weighted by Gasteiger charge is -2.11. The monoisotopic (exact) mass is 360 g/mol. The van der Waals surface area contributed by atoms with Gasteiger partial charge in [0.25, 0.3) is 10.0 Å². The number of aromatic nitrogens is 1. The molecule has 1 heterocycles. The highest BCUT2D eigenvalue weighted by Crippen LogP contribution is 2.23. The van der Waals surface area contributed by atoms with E-state index < -0.39 is 15.8 Å². The first-order valence-electron chi connectivity index (χ1n) is 7.43. The van der Waals surface area contributed by atoms with Gasteiger partial charge >= 0.3 is 5.76 Å². The molecule has 0 saturated carbocycles. The van der Waals surface area contributed by atoms with E-state index in [4.69, 9.17) is 4.42 Å². The van der Waals surface area contributed by atoms with Crippen molar-refractivity contribution in [3.05, 3.63) is 58.1 Å². The van der Waals surface area contributed by atoms with Crippen LogP contribution in [0.2, 0.25) is 0 Å². The number of carbonyl (C=O) groups excluding carboxylic acids is 1. The molecule has 1 N–H and O–H groups in total. The average Bonchev–Trinajstić information content (AvgIpc) is 2.83. The van der Waals surface area contributed by atoms with Crippen molar-refractivity contribution in [1.82, 2.24) is 4.57 Å². The summed E-state index contributed by atoms with van der Waals surface area (Å²) in [5.74, 6) is -0.726. The van der Waals surface area contributed by atoms with Crippen LogP contribution in [0, 0.1) is 6.92 Å². The molecule has 3 aromatic rings. The lowest BCUT2D eigenvalue weighted by atomic mass is 10.1. The van der Waals surface area contributed by atoms with Crippen molar-refractivity contribution in [1.29, 1.82) is 0 Å². The van der Waals surface area contributed by atoms with Crippen LogP contribution in [0.15, 0.2) is 50.5 Å². The van der Waals surface area contributed by atoms with E-state index in [0.717, 1.165) is 0 Å². The molecule has 0 aliphatic carbocycles. The number of nitrogens with zero attached hydrogens (tertiary/aromatic N) is 1. The second-order valence-corrected chi connectivity index (χ2v) is 7.43. The number of sulfonamides is 1. The molecule has 0 atom stereocenters. The van der Waals surface area contributed by atoms with Gasteiger partial charge in [-0.05, 0) is 37.6 Å².